The summed E-state index contributed by atoms with van der Waals surface area (Å²) in [5.41, 5.74) is 3.40. The van der Waals surface area contributed by atoms with E-state index in [2.05, 4.69) is 31.7 Å². The number of methoxy groups -OCH3 is 1. The van der Waals surface area contributed by atoms with Crippen molar-refractivity contribution >= 4 is 17.4 Å². The molecule has 0 aliphatic carbocycles. The maximum atomic E-state index is 12.0. The second-order valence-electron chi connectivity index (χ2n) is 7.52. The van der Waals surface area contributed by atoms with E-state index in [4.69, 9.17) is 4.74 Å². The first-order valence-corrected chi connectivity index (χ1v) is 10.3. The van der Waals surface area contributed by atoms with Gasteiger partial charge in [0.1, 0.15) is 17.7 Å². The molecular formula is C24H26N6O2. The molecule has 8 nitrogen and oxygen atoms in total. The Morgan fingerprint density at radius 2 is 1.97 bits per heavy atom. The summed E-state index contributed by atoms with van der Waals surface area (Å²) in [6, 6.07) is 13.1. The van der Waals surface area contributed by atoms with Crippen LogP contribution in [0.3, 0.4) is 0 Å². The lowest BCUT2D eigenvalue weighted by Gasteiger charge is -2.11. The van der Waals surface area contributed by atoms with Crippen molar-refractivity contribution in [2.75, 3.05) is 30.9 Å². The molecule has 3 aromatic rings. The number of aromatic nitrogens is 3. The summed E-state index contributed by atoms with van der Waals surface area (Å²) in [6.07, 6.45) is 4.00. The van der Waals surface area contributed by atoms with Gasteiger partial charge in [0.25, 0.3) is 0 Å². The Labute approximate surface area is 187 Å². The third kappa shape index (κ3) is 6.09. The topological polar surface area (TPSA) is 113 Å². The molecule has 1 aromatic carbocycles. The Hall–Kier alpha value is -3.83. The Kier molecular flexibility index (Phi) is 7.84. The number of nitriles is 1. The number of carbonyl (C=O) groups is 1. The van der Waals surface area contributed by atoms with Gasteiger partial charge in [-0.2, -0.15) is 5.26 Å². The van der Waals surface area contributed by atoms with Gasteiger partial charge in [-0.3, -0.25) is 4.79 Å². The minimum absolute atomic E-state index is 0.132. The highest BCUT2D eigenvalue weighted by molar-refractivity contribution is 5.93. The van der Waals surface area contributed by atoms with Gasteiger partial charge in [0.15, 0.2) is 0 Å². The van der Waals surface area contributed by atoms with E-state index >= 15 is 0 Å². The summed E-state index contributed by atoms with van der Waals surface area (Å²) in [6.45, 7) is 4.88. The van der Waals surface area contributed by atoms with Crippen molar-refractivity contribution in [1.82, 2.24) is 15.0 Å². The van der Waals surface area contributed by atoms with Crippen LogP contribution < -0.4 is 10.6 Å². The van der Waals surface area contributed by atoms with Gasteiger partial charge in [0.2, 0.25) is 5.91 Å². The van der Waals surface area contributed by atoms with E-state index in [1.54, 1.807) is 51.6 Å². The number of anilines is 2. The van der Waals surface area contributed by atoms with Gasteiger partial charge >= 0.3 is 0 Å². The van der Waals surface area contributed by atoms with E-state index in [1.165, 1.54) is 0 Å². The first-order valence-electron chi connectivity index (χ1n) is 10.3. The molecule has 32 heavy (non-hydrogen) atoms. The lowest BCUT2D eigenvalue weighted by Crippen LogP contribution is -2.18. The van der Waals surface area contributed by atoms with Crippen molar-refractivity contribution in [1.29, 1.82) is 5.26 Å². The molecule has 3 rings (SSSR count). The maximum Gasteiger partial charge on any atom is 0.226 e. The summed E-state index contributed by atoms with van der Waals surface area (Å²) in [5, 5.41) is 15.5. The molecule has 0 atom stereocenters. The largest absolute Gasteiger partial charge is 0.383 e. The lowest BCUT2D eigenvalue weighted by molar-refractivity contribution is -0.118. The summed E-state index contributed by atoms with van der Waals surface area (Å²) in [7, 11) is 1.66. The molecule has 2 N–H and O–H groups in total. The van der Waals surface area contributed by atoms with E-state index in [9.17, 15) is 10.1 Å². The highest BCUT2D eigenvalue weighted by atomic mass is 16.5. The fourth-order valence-corrected chi connectivity index (χ4v) is 2.97. The molecule has 0 spiro atoms. The molecule has 0 fully saturated rings. The van der Waals surface area contributed by atoms with Crippen molar-refractivity contribution in [2.45, 2.75) is 20.3 Å². The first-order chi connectivity index (χ1) is 15.5. The van der Waals surface area contributed by atoms with Gasteiger partial charge < -0.3 is 15.4 Å². The van der Waals surface area contributed by atoms with E-state index in [1.807, 2.05) is 18.2 Å². The number of rotatable bonds is 9. The number of amides is 1. The molecule has 0 unspecified atom stereocenters. The molecule has 0 saturated carbocycles. The number of ether oxygens (including phenoxy) is 1. The van der Waals surface area contributed by atoms with Crippen LogP contribution in [0.25, 0.3) is 11.3 Å². The molecule has 2 aromatic heterocycles. The standard InChI is InChI=1S/C24H26N6O2/c1-16(2)24(31)30-20-5-4-18(14-19(20)15-25)21-7-9-27-23(29-21)13-17-6-8-26-22(12-17)28-10-11-32-3/h4-9,12,14,16H,10-11,13H2,1-3H3,(H,26,28)(H,30,31). The molecule has 1 amide bonds. The first kappa shape index (κ1) is 22.8. The Morgan fingerprint density at radius 3 is 2.72 bits per heavy atom. The number of hydrogen-bond acceptors (Lipinski definition) is 7. The van der Waals surface area contributed by atoms with Crippen molar-refractivity contribution in [3.63, 3.8) is 0 Å². The molecule has 0 aliphatic heterocycles. The number of carbonyl (C=O) groups excluding carboxylic acids is 1. The fourth-order valence-electron chi connectivity index (χ4n) is 2.97. The fraction of sp³-hybridized carbons (Fsp3) is 0.292. The van der Waals surface area contributed by atoms with Crippen LogP contribution in [0.15, 0.2) is 48.8 Å². The van der Waals surface area contributed by atoms with Crippen LogP contribution in [0.4, 0.5) is 11.5 Å². The summed E-state index contributed by atoms with van der Waals surface area (Å²) in [4.78, 5) is 25.4. The van der Waals surface area contributed by atoms with Crippen LogP contribution in [0.1, 0.15) is 30.8 Å². The zero-order valence-corrected chi connectivity index (χ0v) is 18.4. The van der Waals surface area contributed by atoms with E-state index in [0.717, 1.165) is 16.9 Å². The average molecular weight is 431 g/mol. The van der Waals surface area contributed by atoms with Crippen LogP contribution in [-0.2, 0) is 16.0 Å². The maximum absolute atomic E-state index is 12.0. The predicted octanol–water partition coefficient (Wildman–Crippen LogP) is 3.65. The number of benzene rings is 1. The lowest BCUT2D eigenvalue weighted by atomic mass is 10.1. The third-order valence-electron chi connectivity index (χ3n) is 4.72. The van der Waals surface area contributed by atoms with Crippen LogP contribution >= 0.6 is 0 Å². The number of hydrogen-bond donors (Lipinski definition) is 2. The van der Waals surface area contributed by atoms with Gasteiger partial charge in [0, 0.05) is 44.0 Å². The van der Waals surface area contributed by atoms with Crippen molar-refractivity contribution in [3.8, 4) is 17.3 Å². The normalized spacial score (nSPS) is 10.6. The van der Waals surface area contributed by atoms with Crippen molar-refractivity contribution in [3.05, 3.63) is 65.7 Å². The smallest absolute Gasteiger partial charge is 0.226 e. The molecule has 0 radical (unpaired) electrons. The summed E-state index contributed by atoms with van der Waals surface area (Å²) < 4.78 is 5.05. The monoisotopic (exact) mass is 430 g/mol. The van der Waals surface area contributed by atoms with Gasteiger partial charge in [-0.25, -0.2) is 15.0 Å². The Bertz CT molecular complexity index is 1120. The molecule has 0 aliphatic rings. The van der Waals surface area contributed by atoms with Crippen molar-refractivity contribution in [2.24, 2.45) is 5.92 Å². The SMILES string of the molecule is COCCNc1cc(Cc2nccc(-c3ccc(NC(=O)C(C)C)c(C#N)c3)n2)ccn1. The highest BCUT2D eigenvalue weighted by Gasteiger charge is 2.12. The highest BCUT2D eigenvalue weighted by Crippen LogP contribution is 2.24. The van der Waals surface area contributed by atoms with Crippen LogP contribution in [0.2, 0.25) is 0 Å². The number of nitrogens with zero attached hydrogens (tertiary/aromatic N) is 4. The zero-order valence-electron chi connectivity index (χ0n) is 18.4. The quantitative estimate of drug-likeness (QED) is 0.498. The van der Waals surface area contributed by atoms with E-state index in [0.29, 0.717) is 42.3 Å². The van der Waals surface area contributed by atoms with Gasteiger partial charge in [-0.15, -0.1) is 0 Å². The number of nitrogens with one attached hydrogen (secondary N) is 2. The zero-order chi connectivity index (χ0) is 22.9. The minimum Gasteiger partial charge on any atom is -0.383 e. The number of pyridine rings is 1. The second kappa shape index (κ2) is 11.0. The minimum atomic E-state index is -0.172. The average Bonchev–Trinajstić information content (AvgIpc) is 2.80. The van der Waals surface area contributed by atoms with Crippen LogP contribution in [0.5, 0.6) is 0 Å². The molecule has 2 heterocycles. The molecule has 8 heteroatoms. The Morgan fingerprint density at radius 1 is 1.16 bits per heavy atom. The molecular weight excluding hydrogens is 404 g/mol. The molecule has 0 bridgehead atoms. The molecule has 0 saturated heterocycles. The van der Waals surface area contributed by atoms with Crippen LogP contribution in [-0.4, -0.2) is 41.1 Å². The van der Waals surface area contributed by atoms with Crippen molar-refractivity contribution < 1.29 is 9.53 Å². The van der Waals surface area contributed by atoms with E-state index < -0.39 is 0 Å². The van der Waals surface area contributed by atoms with E-state index in [-0.39, 0.29) is 11.8 Å². The van der Waals surface area contributed by atoms with Gasteiger partial charge in [-0.05, 0) is 35.9 Å². The van der Waals surface area contributed by atoms with Gasteiger partial charge in [0.05, 0.1) is 23.6 Å². The van der Waals surface area contributed by atoms with Gasteiger partial charge in [-0.1, -0.05) is 19.9 Å². The van der Waals surface area contributed by atoms with Crippen LogP contribution in [0, 0.1) is 17.2 Å². The Balaban J connectivity index is 1.78. The third-order valence-corrected chi connectivity index (χ3v) is 4.72. The summed E-state index contributed by atoms with van der Waals surface area (Å²) in [5.74, 6) is 1.13. The predicted molar refractivity (Wildman–Crippen MR) is 123 cm³/mol. The second-order valence-corrected chi connectivity index (χ2v) is 7.52. The summed E-state index contributed by atoms with van der Waals surface area (Å²) >= 11 is 0. The molecule has 164 valence electrons.